The van der Waals surface area contributed by atoms with Crippen molar-refractivity contribution in [1.82, 2.24) is 9.97 Å². The summed E-state index contributed by atoms with van der Waals surface area (Å²) in [7, 11) is 0. The maximum atomic E-state index is 9.23. The SMILES string of the molecule is C[C@@H](CO)Nc1nc(NCc2ccco2)cc(-c2ccccc2)n1. The first-order valence-electron chi connectivity index (χ1n) is 7.83. The molecule has 0 aliphatic heterocycles. The van der Waals surface area contributed by atoms with E-state index in [9.17, 15) is 5.11 Å². The van der Waals surface area contributed by atoms with Gasteiger partial charge in [0.1, 0.15) is 11.6 Å². The summed E-state index contributed by atoms with van der Waals surface area (Å²) >= 11 is 0. The minimum atomic E-state index is -0.131. The van der Waals surface area contributed by atoms with Gasteiger partial charge in [0, 0.05) is 17.7 Å². The van der Waals surface area contributed by atoms with Crippen molar-refractivity contribution in [2.24, 2.45) is 0 Å². The Bertz CT molecular complexity index is 760. The molecule has 0 spiro atoms. The van der Waals surface area contributed by atoms with Crippen LogP contribution < -0.4 is 10.6 Å². The van der Waals surface area contributed by atoms with Crippen molar-refractivity contribution in [3.05, 3.63) is 60.6 Å². The van der Waals surface area contributed by atoms with E-state index in [0.29, 0.717) is 18.3 Å². The molecular weight excluding hydrogens is 304 g/mol. The number of nitrogens with one attached hydrogen (secondary N) is 2. The summed E-state index contributed by atoms with van der Waals surface area (Å²) < 4.78 is 5.33. The van der Waals surface area contributed by atoms with Crippen molar-refractivity contribution in [3.63, 3.8) is 0 Å². The van der Waals surface area contributed by atoms with Crippen LogP contribution in [0.2, 0.25) is 0 Å². The van der Waals surface area contributed by atoms with E-state index in [4.69, 9.17) is 4.42 Å². The molecule has 2 aromatic heterocycles. The highest BCUT2D eigenvalue weighted by atomic mass is 16.3. The molecule has 124 valence electrons. The summed E-state index contributed by atoms with van der Waals surface area (Å²) in [6, 6.07) is 15.4. The Morgan fingerprint density at radius 2 is 1.96 bits per heavy atom. The number of rotatable bonds is 7. The first kappa shape index (κ1) is 16.0. The fraction of sp³-hybridized carbons (Fsp3) is 0.222. The lowest BCUT2D eigenvalue weighted by atomic mass is 10.1. The molecule has 0 saturated carbocycles. The fourth-order valence-corrected chi connectivity index (χ4v) is 2.22. The molecule has 6 heteroatoms. The van der Waals surface area contributed by atoms with Gasteiger partial charge >= 0.3 is 0 Å². The third-order valence-corrected chi connectivity index (χ3v) is 3.47. The van der Waals surface area contributed by atoms with E-state index in [1.165, 1.54) is 0 Å². The van der Waals surface area contributed by atoms with Gasteiger partial charge in [-0.3, -0.25) is 0 Å². The van der Waals surface area contributed by atoms with E-state index < -0.39 is 0 Å². The summed E-state index contributed by atoms with van der Waals surface area (Å²) in [6.07, 6.45) is 1.64. The van der Waals surface area contributed by atoms with Crippen LogP contribution in [0.1, 0.15) is 12.7 Å². The zero-order valence-corrected chi connectivity index (χ0v) is 13.4. The molecule has 0 saturated heterocycles. The number of hydrogen-bond acceptors (Lipinski definition) is 6. The Morgan fingerprint density at radius 3 is 2.67 bits per heavy atom. The summed E-state index contributed by atoms with van der Waals surface area (Å²) in [5.41, 5.74) is 1.81. The second-order valence-corrected chi connectivity index (χ2v) is 5.49. The van der Waals surface area contributed by atoms with Crippen molar-refractivity contribution in [3.8, 4) is 11.3 Å². The van der Waals surface area contributed by atoms with Crippen molar-refractivity contribution in [2.75, 3.05) is 17.2 Å². The van der Waals surface area contributed by atoms with Gasteiger partial charge in [0.15, 0.2) is 0 Å². The summed E-state index contributed by atoms with van der Waals surface area (Å²) in [6.45, 7) is 2.41. The van der Waals surface area contributed by atoms with Crippen LogP contribution in [0.3, 0.4) is 0 Å². The maximum absolute atomic E-state index is 9.23. The average Bonchev–Trinajstić information content (AvgIpc) is 3.14. The highest BCUT2D eigenvalue weighted by Gasteiger charge is 2.09. The number of anilines is 2. The standard InChI is InChI=1S/C18H20N4O2/c1-13(12-23)20-18-21-16(14-6-3-2-4-7-14)10-17(22-18)19-11-15-8-5-9-24-15/h2-10,13,23H,11-12H2,1H3,(H2,19,20,21,22)/t13-/m0/s1. The highest BCUT2D eigenvalue weighted by Crippen LogP contribution is 2.22. The van der Waals surface area contributed by atoms with Crippen LogP contribution in [0.25, 0.3) is 11.3 Å². The molecule has 0 radical (unpaired) electrons. The lowest BCUT2D eigenvalue weighted by Gasteiger charge is -2.14. The molecule has 0 unspecified atom stereocenters. The Labute approximate surface area is 140 Å². The Hall–Kier alpha value is -2.86. The van der Waals surface area contributed by atoms with Crippen molar-refractivity contribution >= 4 is 11.8 Å². The molecular formula is C18H20N4O2. The van der Waals surface area contributed by atoms with Gasteiger partial charge in [-0.2, -0.15) is 4.98 Å². The van der Waals surface area contributed by atoms with Crippen LogP contribution in [-0.4, -0.2) is 27.7 Å². The van der Waals surface area contributed by atoms with Gasteiger partial charge in [-0.05, 0) is 19.1 Å². The van der Waals surface area contributed by atoms with Crippen LogP contribution in [0.4, 0.5) is 11.8 Å². The first-order chi connectivity index (χ1) is 11.7. The third kappa shape index (κ3) is 4.11. The van der Waals surface area contributed by atoms with Crippen LogP contribution in [0.5, 0.6) is 0 Å². The molecule has 1 atom stereocenters. The van der Waals surface area contributed by atoms with Gasteiger partial charge in [0.05, 0.1) is 25.1 Å². The fourth-order valence-electron chi connectivity index (χ4n) is 2.22. The predicted molar refractivity (Wildman–Crippen MR) is 93.7 cm³/mol. The van der Waals surface area contributed by atoms with Crippen LogP contribution >= 0.6 is 0 Å². The summed E-state index contributed by atoms with van der Waals surface area (Å²) in [4.78, 5) is 9.00. The molecule has 0 aliphatic carbocycles. The zero-order chi connectivity index (χ0) is 16.8. The monoisotopic (exact) mass is 324 g/mol. The average molecular weight is 324 g/mol. The second-order valence-electron chi connectivity index (χ2n) is 5.49. The smallest absolute Gasteiger partial charge is 0.225 e. The Morgan fingerprint density at radius 1 is 1.12 bits per heavy atom. The van der Waals surface area contributed by atoms with E-state index >= 15 is 0 Å². The van der Waals surface area contributed by atoms with Crippen molar-refractivity contribution in [1.29, 1.82) is 0 Å². The zero-order valence-electron chi connectivity index (χ0n) is 13.4. The second kappa shape index (κ2) is 7.61. The molecule has 24 heavy (non-hydrogen) atoms. The van der Waals surface area contributed by atoms with E-state index in [1.54, 1.807) is 6.26 Å². The topological polar surface area (TPSA) is 83.2 Å². The third-order valence-electron chi connectivity index (χ3n) is 3.47. The Balaban J connectivity index is 1.87. The van der Waals surface area contributed by atoms with Crippen LogP contribution in [0.15, 0.2) is 59.2 Å². The van der Waals surface area contributed by atoms with E-state index in [1.807, 2.05) is 55.5 Å². The van der Waals surface area contributed by atoms with Crippen LogP contribution in [0, 0.1) is 0 Å². The molecule has 0 fully saturated rings. The molecule has 3 N–H and O–H groups in total. The van der Waals surface area contributed by atoms with Crippen molar-refractivity contribution < 1.29 is 9.52 Å². The molecule has 0 bridgehead atoms. The summed E-state index contributed by atoms with van der Waals surface area (Å²) in [5.74, 6) is 1.99. The molecule has 1 aromatic carbocycles. The van der Waals surface area contributed by atoms with Gasteiger partial charge < -0.3 is 20.2 Å². The molecule has 0 aliphatic rings. The van der Waals surface area contributed by atoms with Gasteiger partial charge in [0.25, 0.3) is 0 Å². The molecule has 3 aromatic rings. The number of aliphatic hydroxyl groups excluding tert-OH is 1. The van der Waals surface area contributed by atoms with Gasteiger partial charge in [0.2, 0.25) is 5.95 Å². The molecule has 0 amide bonds. The minimum absolute atomic E-state index is 0.00802. The number of hydrogen-bond donors (Lipinski definition) is 3. The predicted octanol–water partition coefficient (Wildman–Crippen LogP) is 3.14. The van der Waals surface area contributed by atoms with E-state index in [0.717, 1.165) is 17.0 Å². The number of aliphatic hydroxyl groups is 1. The maximum Gasteiger partial charge on any atom is 0.225 e. The molecule has 3 rings (SSSR count). The van der Waals surface area contributed by atoms with Crippen LogP contribution in [-0.2, 0) is 6.54 Å². The lowest BCUT2D eigenvalue weighted by Crippen LogP contribution is -2.21. The largest absolute Gasteiger partial charge is 0.467 e. The van der Waals surface area contributed by atoms with E-state index in [-0.39, 0.29) is 12.6 Å². The summed E-state index contributed by atoms with van der Waals surface area (Å²) in [5, 5.41) is 15.6. The first-order valence-corrected chi connectivity index (χ1v) is 7.83. The Kier molecular flexibility index (Phi) is 5.08. The molecule has 2 heterocycles. The molecule has 6 nitrogen and oxygen atoms in total. The normalized spacial score (nSPS) is 11.9. The number of aromatic nitrogens is 2. The number of benzene rings is 1. The number of nitrogens with zero attached hydrogens (tertiary/aromatic N) is 2. The van der Waals surface area contributed by atoms with Gasteiger partial charge in [-0.15, -0.1) is 0 Å². The minimum Gasteiger partial charge on any atom is -0.467 e. The van der Waals surface area contributed by atoms with Gasteiger partial charge in [-0.1, -0.05) is 30.3 Å². The quantitative estimate of drug-likeness (QED) is 0.619. The van der Waals surface area contributed by atoms with Gasteiger partial charge in [-0.25, -0.2) is 4.98 Å². The number of furan rings is 1. The highest BCUT2D eigenvalue weighted by molar-refractivity contribution is 5.64. The lowest BCUT2D eigenvalue weighted by molar-refractivity contribution is 0.281. The van der Waals surface area contributed by atoms with E-state index in [2.05, 4.69) is 20.6 Å². The van der Waals surface area contributed by atoms with Crippen molar-refractivity contribution in [2.45, 2.75) is 19.5 Å².